The highest BCUT2D eigenvalue weighted by molar-refractivity contribution is 9.10. The van der Waals surface area contributed by atoms with Gasteiger partial charge in [0.15, 0.2) is 17.2 Å². The molecule has 0 saturated heterocycles. The number of ether oxygens (including phenoxy) is 2. The highest BCUT2D eigenvalue weighted by atomic mass is 79.9. The number of carbonyl (C=O) groups is 1. The second-order valence-corrected chi connectivity index (χ2v) is 11.0. The molecule has 0 saturated carbocycles. The largest absolute Gasteiger partial charge is 0.493 e. The standard InChI is InChI=1S/C27H22BrClN2O5S/c1-35-25-9-5-6-10-26(25)36-24-16-13-20(29)17-23(24)30-27(32)18-31(21-14-11-19(28)12-15-21)37(33,34)22-7-3-2-4-8-22/h2-17H,18H2,1H3,(H,30,32). The smallest absolute Gasteiger partial charge is 0.264 e. The molecular weight excluding hydrogens is 580 g/mol. The van der Waals surface area contributed by atoms with Gasteiger partial charge in [-0.25, -0.2) is 8.42 Å². The molecule has 0 bridgehead atoms. The van der Waals surface area contributed by atoms with Gasteiger partial charge in [0.25, 0.3) is 10.0 Å². The number of amides is 1. The van der Waals surface area contributed by atoms with E-state index in [0.29, 0.717) is 28.0 Å². The average molecular weight is 602 g/mol. The lowest BCUT2D eigenvalue weighted by molar-refractivity contribution is -0.114. The van der Waals surface area contributed by atoms with Crippen molar-refractivity contribution in [3.63, 3.8) is 0 Å². The summed E-state index contributed by atoms with van der Waals surface area (Å²) in [6.45, 7) is -0.487. The Kier molecular flexibility index (Phi) is 8.38. The van der Waals surface area contributed by atoms with Crippen LogP contribution < -0.4 is 19.1 Å². The van der Waals surface area contributed by atoms with E-state index in [1.54, 1.807) is 78.9 Å². The number of carbonyl (C=O) groups excluding carboxylic acids is 1. The van der Waals surface area contributed by atoms with Crippen molar-refractivity contribution < 1.29 is 22.7 Å². The van der Waals surface area contributed by atoms with Crippen LogP contribution in [0.5, 0.6) is 17.2 Å². The van der Waals surface area contributed by atoms with Gasteiger partial charge in [-0.2, -0.15) is 0 Å². The quantitative estimate of drug-likeness (QED) is 0.230. The summed E-state index contributed by atoms with van der Waals surface area (Å²) in [5.41, 5.74) is 0.607. The average Bonchev–Trinajstić information content (AvgIpc) is 2.90. The number of halogens is 2. The molecule has 0 aliphatic rings. The maximum absolute atomic E-state index is 13.5. The Labute approximate surface area is 228 Å². The van der Waals surface area contributed by atoms with Crippen molar-refractivity contribution in [1.82, 2.24) is 0 Å². The molecule has 10 heteroatoms. The van der Waals surface area contributed by atoms with Gasteiger partial charge in [-0.05, 0) is 66.7 Å². The summed E-state index contributed by atoms with van der Waals surface area (Å²) in [5.74, 6) is 0.661. The van der Waals surface area contributed by atoms with Crippen LogP contribution in [0.2, 0.25) is 5.02 Å². The summed E-state index contributed by atoms with van der Waals surface area (Å²) >= 11 is 9.54. The number of hydrogen-bond acceptors (Lipinski definition) is 5. The number of hydrogen-bond donors (Lipinski definition) is 1. The van der Waals surface area contributed by atoms with E-state index in [0.717, 1.165) is 8.78 Å². The molecule has 37 heavy (non-hydrogen) atoms. The van der Waals surface area contributed by atoms with Crippen molar-refractivity contribution in [2.75, 3.05) is 23.3 Å². The van der Waals surface area contributed by atoms with Crippen LogP contribution in [-0.2, 0) is 14.8 Å². The molecule has 1 amide bonds. The lowest BCUT2D eigenvalue weighted by atomic mass is 10.2. The molecule has 4 aromatic carbocycles. The molecule has 190 valence electrons. The third-order valence-electron chi connectivity index (χ3n) is 5.24. The van der Waals surface area contributed by atoms with Crippen molar-refractivity contribution in [3.05, 3.63) is 107 Å². The fourth-order valence-electron chi connectivity index (χ4n) is 3.47. The lowest BCUT2D eigenvalue weighted by Crippen LogP contribution is -2.38. The SMILES string of the molecule is COc1ccccc1Oc1ccc(Cl)cc1NC(=O)CN(c1ccc(Br)cc1)S(=O)(=O)c1ccccc1. The predicted molar refractivity (Wildman–Crippen MR) is 148 cm³/mol. The molecule has 0 aromatic heterocycles. The number of methoxy groups -OCH3 is 1. The first kappa shape index (κ1) is 26.5. The number of anilines is 2. The van der Waals surface area contributed by atoms with Crippen molar-refractivity contribution in [2.45, 2.75) is 4.90 Å². The number of rotatable bonds is 9. The summed E-state index contributed by atoms with van der Waals surface area (Å²) in [7, 11) is -2.52. The number of sulfonamides is 1. The summed E-state index contributed by atoms with van der Waals surface area (Å²) in [6.07, 6.45) is 0. The Hall–Kier alpha value is -3.53. The van der Waals surface area contributed by atoms with E-state index in [9.17, 15) is 13.2 Å². The van der Waals surface area contributed by atoms with Gasteiger partial charge in [-0.1, -0.05) is 57.9 Å². The van der Waals surface area contributed by atoms with Gasteiger partial charge in [0, 0.05) is 9.50 Å². The Morgan fingerprint density at radius 2 is 1.54 bits per heavy atom. The van der Waals surface area contributed by atoms with Gasteiger partial charge in [0.1, 0.15) is 6.54 Å². The first-order chi connectivity index (χ1) is 17.8. The Balaban J connectivity index is 1.64. The molecule has 0 aliphatic heterocycles. The number of benzene rings is 4. The minimum atomic E-state index is -4.05. The Bertz CT molecular complexity index is 1500. The van der Waals surface area contributed by atoms with E-state index in [1.165, 1.54) is 25.3 Å². The zero-order chi connectivity index (χ0) is 26.4. The zero-order valence-corrected chi connectivity index (χ0v) is 22.8. The van der Waals surface area contributed by atoms with Gasteiger partial charge in [-0.3, -0.25) is 9.10 Å². The maximum Gasteiger partial charge on any atom is 0.264 e. The van der Waals surface area contributed by atoms with Crippen LogP contribution in [0.25, 0.3) is 0 Å². The molecular formula is C27H22BrClN2O5S. The van der Waals surface area contributed by atoms with Crippen LogP contribution in [0.1, 0.15) is 0 Å². The Morgan fingerprint density at radius 3 is 2.22 bits per heavy atom. The highest BCUT2D eigenvalue weighted by Gasteiger charge is 2.27. The van der Waals surface area contributed by atoms with Crippen LogP contribution in [-0.4, -0.2) is 28.0 Å². The molecule has 0 atom stereocenters. The molecule has 7 nitrogen and oxygen atoms in total. The number of nitrogens with one attached hydrogen (secondary N) is 1. The fourth-order valence-corrected chi connectivity index (χ4v) is 5.35. The Morgan fingerprint density at radius 1 is 0.892 bits per heavy atom. The molecule has 0 unspecified atom stereocenters. The van der Waals surface area contributed by atoms with Crippen molar-refractivity contribution in [1.29, 1.82) is 0 Å². The van der Waals surface area contributed by atoms with Crippen LogP contribution >= 0.6 is 27.5 Å². The van der Waals surface area contributed by atoms with E-state index < -0.39 is 22.5 Å². The molecule has 0 fully saturated rings. The molecule has 1 N–H and O–H groups in total. The van der Waals surface area contributed by atoms with Crippen LogP contribution in [0.3, 0.4) is 0 Å². The van der Waals surface area contributed by atoms with Gasteiger partial charge in [0.2, 0.25) is 5.91 Å². The lowest BCUT2D eigenvalue weighted by Gasteiger charge is -2.24. The third-order valence-corrected chi connectivity index (χ3v) is 7.79. The summed E-state index contributed by atoms with van der Waals surface area (Å²) in [5, 5.41) is 3.10. The van der Waals surface area contributed by atoms with Gasteiger partial charge < -0.3 is 14.8 Å². The van der Waals surface area contributed by atoms with E-state index >= 15 is 0 Å². The van der Waals surface area contributed by atoms with Crippen molar-refractivity contribution in [3.8, 4) is 17.2 Å². The van der Waals surface area contributed by atoms with Crippen LogP contribution in [0, 0.1) is 0 Å². The maximum atomic E-state index is 13.5. The first-order valence-corrected chi connectivity index (χ1v) is 13.6. The molecule has 4 rings (SSSR count). The van der Waals surface area contributed by atoms with E-state index in [-0.39, 0.29) is 10.6 Å². The van der Waals surface area contributed by atoms with Crippen molar-refractivity contribution >= 4 is 54.8 Å². The topological polar surface area (TPSA) is 84.9 Å². The predicted octanol–water partition coefficient (Wildman–Crippen LogP) is 6.74. The number of nitrogens with zero attached hydrogens (tertiary/aromatic N) is 1. The summed E-state index contributed by atoms with van der Waals surface area (Å²) in [4.78, 5) is 13.3. The zero-order valence-electron chi connectivity index (χ0n) is 19.6. The summed E-state index contributed by atoms with van der Waals surface area (Å²) in [6, 6.07) is 26.4. The second kappa shape index (κ2) is 11.7. The monoisotopic (exact) mass is 600 g/mol. The molecule has 0 heterocycles. The van der Waals surface area contributed by atoms with Gasteiger partial charge in [-0.15, -0.1) is 0 Å². The molecule has 0 spiro atoms. The van der Waals surface area contributed by atoms with Crippen LogP contribution in [0.15, 0.2) is 106 Å². The molecule has 0 aliphatic carbocycles. The van der Waals surface area contributed by atoms with Gasteiger partial charge >= 0.3 is 0 Å². The van der Waals surface area contributed by atoms with E-state index in [2.05, 4.69) is 21.2 Å². The highest BCUT2D eigenvalue weighted by Crippen LogP contribution is 2.36. The van der Waals surface area contributed by atoms with Crippen LogP contribution in [0.4, 0.5) is 11.4 Å². The number of para-hydroxylation sites is 2. The van der Waals surface area contributed by atoms with E-state index in [1.807, 2.05) is 0 Å². The second-order valence-electron chi connectivity index (χ2n) is 7.74. The minimum Gasteiger partial charge on any atom is -0.493 e. The minimum absolute atomic E-state index is 0.0636. The first-order valence-electron chi connectivity index (χ1n) is 11.0. The third kappa shape index (κ3) is 6.43. The normalized spacial score (nSPS) is 11.0. The van der Waals surface area contributed by atoms with Gasteiger partial charge in [0.05, 0.1) is 23.4 Å². The molecule has 0 radical (unpaired) electrons. The van der Waals surface area contributed by atoms with E-state index in [4.69, 9.17) is 21.1 Å². The fraction of sp³-hybridized carbons (Fsp3) is 0.0741. The van der Waals surface area contributed by atoms with Crippen molar-refractivity contribution in [2.24, 2.45) is 0 Å². The summed E-state index contributed by atoms with van der Waals surface area (Å²) < 4.78 is 40.2. The molecule has 4 aromatic rings.